The smallest absolute Gasteiger partial charge is 0.409 e. The Morgan fingerprint density at radius 1 is 1.08 bits per heavy atom. The van der Waals surface area contributed by atoms with Crippen molar-refractivity contribution in [3.63, 3.8) is 0 Å². The monoisotopic (exact) mass is 345 g/mol. The normalized spacial score (nSPS) is 17.2. The molecule has 1 heterocycles. The molecule has 3 amide bonds. The third-order valence-corrected chi connectivity index (χ3v) is 4.38. The number of ether oxygens (including phenoxy) is 1. The van der Waals surface area contributed by atoms with Crippen LogP contribution >= 0.6 is 0 Å². The largest absolute Gasteiger partial charge is 0.450 e. The summed E-state index contributed by atoms with van der Waals surface area (Å²) in [7, 11) is 0. The molecule has 7 heteroatoms. The molecule has 134 valence electrons. The first-order valence-electron chi connectivity index (χ1n) is 8.70. The van der Waals surface area contributed by atoms with Gasteiger partial charge in [0.1, 0.15) is 0 Å². The summed E-state index contributed by atoms with van der Waals surface area (Å²) in [6.45, 7) is 3.92. The number of hydrogen-bond acceptors (Lipinski definition) is 4. The second-order valence-corrected chi connectivity index (χ2v) is 6.31. The molecular formula is C18H23N3O4. The molecule has 3 rings (SSSR count). The highest BCUT2D eigenvalue weighted by Crippen LogP contribution is 2.19. The molecule has 7 nitrogen and oxygen atoms in total. The molecule has 1 saturated carbocycles. The molecule has 1 saturated heterocycles. The van der Waals surface area contributed by atoms with Gasteiger partial charge in [-0.15, -0.1) is 0 Å². The molecule has 0 unspecified atom stereocenters. The molecule has 2 aliphatic rings. The fraction of sp³-hybridized carbons (Fsp3) is 0.500. The van der Waals surface area contributed by atoms with E-state index in [1.54, 1.807) is 41.0 Å². The predicted octanol–water partition coefficient (Wildman–Crippen LogP) is 1.49. The summed E-state index contributed by atoms with van der Waals surface area (Å²) in [5.74, 6) is -0.256. The van der Waals surface area contributed by atoms with Crippen LogP contribution in [0.2, 0.25) is 0 Å². The summed E-state index contributed by atoms with van der Waals surface area (Å²) in [5, 5.41) is 2.92. The van der Waals surface area contributed by atoms with Gasteiger partial charge in [-0.1, -0.05) is 6.07 Å². The van der Waals surface area contributed by atoms with Gasteiger partial charge in [-0.2, -0.15) is 0 Å². The van der Waals surface area contributed by atoms with Crippen molar-refractivity contribution in [2.45, 2.75) is 25.8 Å². The van der Waals surface area contributed by atoms with Crippen molar-refractivity contribution < 1.29 is 19.1 Å². The second kappa shape index (κ2) is 7.55. The molecule has 1 aliphatic heterocycles. The minimum Gasteiger partial charge on any atom is -0.450 e. The zero-order valence-corrected chi connectivity index (χ0v) is 14.4. The van der Waals surface area contributed by atoms with Gasteiger partial charge in [0.2, 0.25) is 0 Å². The lowest BCUT2D eigenvalue weighted by molar-refractivity contribution is 0.0570. The number of benzene rings is 1. The molecule has 1 N–H and O–H groups in total. The Morgan fingerprint density at radius 2 is 1.72 bits per heavy atom. The summed E-state index contributed by atoms with van der Waals surface area (Å²) >= 11 is 0. The number of hydrogen-bond donors (Lipinski definition) is 1. The van der Waals surface area contributed by atoms with Crippen LogP contribution < -0.4 is 5.32 Å². The van der Waals surface area contributed by atoms with Gasteiger partial charge in [0.15, 0.2) is 0 Å². The number of rotatable bonds is 4. The average molecular weight is 345 g/mol. The second-order valence-electron chi connectivity index (χ2n) is 6.31. The van der Waals surface area contributed by atoms with Gasteiger partial charge in [0, 0.05) is 43.3 Å². The van der Waals surface area contributed by atoms with E-state index in [4.69, 9.17) is 4.74 Å². The molecule has 2 fully saturated rings. The van der Waals surface area contributed by atoms with Crippen molar-refractivity contribution in [2.24, 2.45) is 0 Å². The molecule has 1 aromatic rings. The van der Waals surface area contributed by atoms with Crippen LogP contribution in [0.5, 0.6) is 0 Å². The maximum absolute atomic E-state index is 12.7. The van der Waals surface area contributed by atoms with Gasteiger partial charge in [-0.25, -0.2) is 4.79 Å². The first-order chi connectivity index (χ1) is 12.1. The number of nitrogens with zero attached hydrogens (tertiary/aromatic N) is 2. The number of nitrogens with one attached hydrogen (secondary N) is 1. The van der Waals surface area contributed by atoms with E-state index < -0.39 is 0 Å². The molecular weight excluding hydrogens is 322 g/mol. The molecule has 0 spiro atoms. The predicted molar refractivity (Wildman–Crippen MR) is 91.4 cm³/mol. The standard InChI is InChI=1S/C18H23N3O4/c1-2-25-18(24)21-10-8-20(9-11-21)17(23)14-5-3-4-13(12-14)16(22)19-15-6-7-15/h3-5,12,15H,2,6-11H2,1H3,(H,19,22). The average Bonchev–Trinajstić information content (AvgIpc) is 3.45. The minimum absolute atomic E-state index is 0.121. The van der Waals surface area contributed by atoms with Gasteiger partial charge in [-0.3, -0.25) is 9.59 Å². The molecule has 0 radical (unpaired) electrons. The van der Waals surface area contributed by atoms with Crippen molar-refractivity contribution in [3.05, 3.63) is 35.4 Å². The Hall–Kier alpha value is -2.57. The van der Waals surface area contributed by atoms with Crippen LogP contribution in [0.25, 0.3) is 0 Å². The maximum atomic E-state index is 12.7. The van der Waals surface area contributed by atoms with Crippen molar-refractivity contribution in [3.8, 4) is 0 Å². The van der Waals surface area contributed by atoms with E-state index in [1.807, 2.05) is 0 Å². The quantitative estimate of drug-likeness (QED) is 0.897. The van der Waals surface area contributed by atoms with Gasteiger partial charge in [0.25, 0.3) is 11.8 Å². The third kappa shape index (κ3) is 4.29. The number of carbonyl (C=O) groups is 3. The van der Waals surface area contributed by atoms with Crippen LogP contribution in [0.15, 0.2) is 24.3 Å². The minimum atomic E-state index is -0.339. The van der Waals surface area contributed by atoms with Crippen LogP contribution in [0, 0.1) is 0 Å². The van der Waals surface area contributed by atoms with E-state index in [9.17, 15) is 14.4 Å². The Morgan fingerprint density at radius 3 is 2.36 bits per heavy atom. The maximum Gasteiger partial charge on any atom is 0.409 e. The molecule has 25 heavy (non-hydrogen) atoms. The molecule has 1 aliphatic carbocycles. The molecule has 0 aromatic heterocycles. The van der Waals surface area contributed by atoms with Crippen LogP contribution in [0.3, 0.4) is 0 Å². The Labute approximate surface area is 146 Å². The Bertz CT molecular complexity index is 664. The molecule has 0 bridgehead atoms. The molecule has 1 aromatic carbocycles. The van der Waals surface area contributed by atoms with Gasteiger partial charge < -0.3 is 19.9 Å². The van der Waals surface area contributed by atoms with Crippen molar-refractivity contribution >= 4 is 17.9 Å². The lowest BCUT2D eigenvalue weighted by atomic mass is 10.1. The van der Waals surface area contributed by atoms with E-state index in [2.05, 4.69) is 5.32 Å². The summed E-state index contributed by atoms with van der Waals surface area (Å²) in [5.41, 5.74) is 0.996. The zero-order valence-electron chi connectivity index (χ0n) is 14.4. The van der Waals surface area contributed by atoms with E-state index in [1.165, 1.54) is 0 Å². The summed E-state index contributed by atoms with van der Waals surface area (Å²) in [6.07, 6.45) is 1.71. The first-order valence-corrected chi connectivity index (χ1v) is 8.70. The van der Waals surface area contributed by atoms with Crippen LogP contribution in [-0.4, -0.2) is 66.5 Å². The van der Waals surface area contributed by atoms with Crippen LogP contribution in [-0.2, 0) is 4.74 Å². The lowest BCUT2D eigenvalue weighted by Gasteiger charge is -2.34. The number of carbonyl (C=O) groups excluding carboxylic acids is 3. The fourth-order valence-electron chi connectivity index (χ4n) is 2.78. The van der Waals surface area contributed by atoms with E-state index >= 15 is 0 Å². The summed E-state index contributed by atoms with van der Waals surface area (Å²) in [4.78, 5) is 39.8. The topological polar surface area (TPSA) is 79.0 Å². The third-order valence-electron chi connectivity index (χ3n) is 4.38. The zero-order chi connectivity index (χ0) is 17.8. The van der Waals surface area contributed by atoms with Crippen molar-refractivity contribution in [2.75, 3.05) is 32.8 Å². The fourth-order valence-corrected chi connectivity index (χ4v) is 2.78. The van der Waals surface area contributed by atoms with E-state index in [0.29, 0.717) is 43.9 Å². The highest BCUT2D eigenvalue weighted by Gasteiger charge is 2.27. The van der Waals surface area contributed by atoms with Gasteiger partial charge >= 0.3 is 6.09 Å². The molecule has 0 atom stereocenters. The van der Waals surface area contributed by atoms with Crippen molar-refractivity contribution in [1.29, 1.82) is 0 Å². The SMILES string of the molecule is CCOC(=O)N1CCN(C(=O)c2cccc(C(=O)NC3CC3)c2)CC1. The van der Waals surface area contributed by atoms with Gasteiger partial charge in [0.05, 0.1) is 6.61 Å². The van der Waals surface area contributed by atoms with Crippen molar-refractivity contribution in [1.82, 2.24) is 15.1 Å². The Balaban J connectivity index is 1.59. The lowest BCUT2D eigenvalue weighted by Crippen LogP contribution is -2.50. The summed E-state index contributed by atoms with van der Waals surface area (Å²) < 4.78 is 4.98. The van der Waals surface area contributed by atoms with Crippen LogP contribution in [0.1, 0.15) is 40.5 Å². The highest BCUT2D eigenvalue weighted by molar-refractivity contribution is 5.99. The number of piperazine rings is 1. The first kappa shape index (κ1) is 17.3. The van der Waals surface area contributed by atoms with Gasteiger partial charge in [-0.05, 0) is 38.0 Å². The van der Waals surface area contributed by atoms with Crippen LogP contribution in [0.4, 0.5) is 4.79 Å². The van der Waals surface area contributed by atoms with E-state index in [-0.39, 0.29) is 23.9 Å². The number of amides is 3. The Kier molecular flexibility index (Phi) is 5.21. The van der Waals surface area contributed by atoms with E-state index in [0.717, 1.165) is 12.8 Å². The summed E-state index contributed by atoms with van der Waals surface area (Å²) in [6, 6.07) is 7.07. The highest BCUT2D eigenvalue weighted by atomic mass is 16.6.